The largest absolute Gasteiger partial charge is 0.348 e. The molecule has 0 aromatic carbocycles. The molecule has 2 aromatic rings. The second-order valence-electron chi connectivity index (χ2n) is 5.22. The standard InChI is InChI=1S/C14H20N4/c1-15-14(11-3-4-11)12-5-6-18(8-12)9-13-7-16-10-17(13)2/h5-8,10-11,14-15H,3-4,9H2,1-2H3. The van der Waals surface area contributed by atoms with Crippen LogP contribution in [-0.2, 0) is 13.6 Å². The highest BCUT2D eigenvalue weighted by atomic mass is 15.1. The Balaban J connectivity index is 1.75. The summed E-state index contributed by atoms with van der Waals surface area (Å²) in [7, 11) is 4.09. The Morgan fingerprint density at radius 2 is 2.33 bits per heavy atom. The van der Waals surface area contributed by atoms with Gasteiger partial charge in [0.15, 0.2) is 0 Å². The molecular weight excluding hydrogens is 224 g/mol. The van der Waals surface area contributed by atoms with Crippen LogP contribution in [0.15, 0.2) is 31.0 Å². The van der Waals surface area contributed by atoms with E-state index in [0.717, 1.165) is 12.5 Å². The van der Waals surface area contributed by atoms with Crippen molar-refractivity contribution < 1.29 is 0 Å². The van der Waals surface area contributed by atoms with Gasteiger partial charge in [-0.2, -0.15) is 0 Å². The molecule has 1 aliphatic carbocycles. The summed E-state index contributed by atoms with van der Waals surface area (Å²) in [6.45, 7) is 0.887. The Morgan fingerprint density at radius 1 is 1.50 bits per heavy atom. The van der Waals surface area contributed by atoms with Gasteiger partial charge in [0, 0.05) is 31.7 Å². The van der Waals surface area contributed by atoms with Gasteiger partial charge in [-0.1, -0.05) is 0 Å². The molecule has 1 saturated carbocycles. The fourth-order valence-corrected chi connectivity index (χ4v) is 2.57. The van der Waals surface area contributed by atoms with Crippen molar-refractivity contribution in [3.63, 3.8) is 0 Å². The Bertz CT molecular complexity index is 521. The van der Waals surface area contributed by atoms with Crippen LogP contribution in [0.25, 0.3) is 0 Å². The Kier molecular flexibility index (Phi) is 2.96. The molecule has 0 amide bonds. The summed E-state index contributed by atoms with van der Waals surface area (Å²) >= 11 is 0. The first kappa shape index (κ1) is 11.5. The molecule has 1 aliphatic rings. The predicted molar refractivity (Wildman–Crippen MR) is 71.3 cm³/mol. The second kappa shape index (κ2) is 4.61. The van der Waals surface area contributed by atoms with Gasteiger partial charge in [-0.25, -0.2) is 4.98 Å². The fourth-order valence-electron chi connectivity index (χ4n) is 2.57. The third-order valence-corrected chi connectivity index (χ3v) is 3.80. The van der Waals surface area contributed by atoms with Gasteiger partial charge in [0.2, 0.25) is 0 Å². The number of rotatable bonds is 5. The van der Waals surface area contributed by atoms with Crippen molar-refractivity contribution >= 4 is 0 Å². The average Bonchev–Trinajstić information content (AvgIpc) is 2.96. The van der Waals surface area contributed by atoms with E-state index >= 15 is 0 Å². The molecule has 0 bridgehead atoms. The SMILES string of the molecule is CNC(c1ccn(Cc2cncn2C)c1)C1CC1. The summed E-state index contributed by atoms with van der Waals surface area (Å²) in [4.78, 5) is 4.15. The van der Waals surface area contributed by atoms with Gasteiger partial charge < -0.3 is 14.5 Å². The molecule has 1 atom stereocenters. The predicted octanol–water partition coefficient (Wildman–Crippen LogP) is 1.94. The van der Waals surface area contributed by atoms with Crippen LogP contribution in [0.3, 0.4) is 0 Å². The van der Waals surface area contributed by atoms with E-state index in [2.05, 4.69) is 44.9 Å². The van der Waals surface area contributed by atoms with E-state index < -0.39 is 0 Å². The van der Waals surface area contributed by atoms with E-state index in [1.54, 1.807) is 0 Å². The molecule has 0 spiro atoms. The highest BCUT2D eigenvalue weighted by molar-refractivity contribution is 5.19. The van der Waals surface area contributed by atoms with Crippen LogP contribution in [0.4, 0.5) is 0 Å². The van der Waals surface area contributed by atoms with Crippen molar-refractivity contribution in [3.05, 3.63) is 42.2 Å². The number of nitrogens with one attached hydrogen (secondary N) is 1. The summed E-state index contributed by atoms with van der Waals surface area (Å²) in [5, 5.41) is 3.43. The molecule has 1 N–H and O–H groups in total. The molecule has 4 heteroatoms. The Hall–Kier alpha value is -1.55. The average molecular weight is 244 g/mol. The minimum absolute atomic E-state index is 0.526. The third-order valence-electron chi connectivity index (χ3n) is 3.80. The van der Waals surface area contributed by atoms with Gasteiger partial charge in [-0.3, -0.25) is 0 Å². The van der Waals surface area contributed by atoms with Gasteiger partial charge in [-0.05, 0) is 37.4 Å². The number of imidazole rings is 1. The Morgan fingerprint density at radius 3 is 2.94 bits per heavy atom. The molecule has 1 fully saturated rings. The number of aryl methyl sites for hydroxylation is 1. The fraction of sp³-hybridized carbons (Fsp3) is 0.500. The Labute approximate surface area is 108 Å². The zero-order valence-corrected chi connectivity index (χ0v) is 11.0. The minimum Gasteiger partial charge on any atom is -0.348 e. The van der Waals surface area contributed by atoms with Crippen molar-refractivity contribution in [1.29, 1.82) is 0 Å². The maximum Gasteiger partial charge on any atom is 0.0946 e. The van der Waals surface area contributed by atoms with Gasteiger partial charge in [0.1, 0.15) is 0 Å². The van der Waals surface area contributed by atoms with Crippen LogP contribution in [0.1, 0.15) is 30.1 Å². The molecule has 0 radical (unpaired) electrons. The lowest BCUT2D eigenvalue weighted by molar-refractivity contribution is 0.527. The first-order valence-electron chi connectivity index (χ1n) is 6.56. The summed E-state index contributed by atoms with van der Waals surface area (Å²) in [6, 6.07) is 2.76. The van der Waals surface area contributed by atoms with Crippen molar-refractivity contribution in [2.24, 2.45) is 13.0 Å². The highest BCUT2D eigenvalue weighted by Gasteiger charge is 2.31. The lowest BCUT2D eigenvalue weighted by Crippen LogP contribution is -2.17. The van der Waals surface area contributed by atoms with Crippen molar-refractivity contribution in [2.75, 3.05) is 7.05 Å². The summed E-state index contributed by atoms with van der Waals surface area (Å²) in [6.07, 6.45) is 10.9. The molecule has 18 heavy (non-hydrogen) atoms. The van der Waals surface area contributed by atoms with Crippen LogP contribution in [0.2, 0.25) is 0 Å². The van der Waals surface area contributed by atoms with Crippen LogP contribution >= 0.6 is 0 Å². The van der Waals surface area contributed by atoms with Gasteiger partial charge in [-0.15, -0.1) is 0 Å². The number of hydrogen-bond acceptors (Lipinski definition) is 2. The normalized spacial score (nSPS) is 17.0. The monoisotopic (exact) mass is 244 g/mol. The number of nitrogens with zero attached hydrogens (tertiary/aromatic N) is 3. The third kappa shape index (κ3) is 2.20. The zero-order chi connectivity index (χ0) is 12.5. The topological polar surface area (TPSA) is 34.8 Å². The second-order valence-corrected chi connectivity index (χ2v) is 5.22. The van der Waals surface area contributed by atoms with Gasteiger partial charge in [0.25, 0.3) is 0 Å². The molecule has 2 aromatic heterocycles. The lowest BCUT2D eigenvalue weighted by Gasteiger charge is -2.13. The summed E-state index contributed by atoms with van der Waals surface area (Å²) < 4.78 is 4.30. The maximum absolute atomic E-state index is 4.15. The van der Waals surface area contributed by atoms with E-state index in [-0.39, 0.29) is 0 Å². The van der Waals surface area contributed by atoms with E-state index in [1.165, 1.54) is 24.1 Å². The van der Waals surface area contributed by atoms with E-state index in [9.17, 15) is 0 Å². The van der Waals surface area contributed by atoms with Gasteiger partial charge >= 0.3 is 0 Å². The van der Waals surface area contributed by atoms with E-state index in [1.807, 2.05) is 19.6 Å². The minimum atomic E-state index is 0.526. The van der Waals surface area contributed by atoms with Crippen molar-refractivity contribution in [3.8, 4) is 0 Å². The quantitative estimate of drug-likeness (QED) is 0.872. The first-order chi connectivity index (χ1) is 8.78. The molecule has 96 valence electrons. The smallest absolute Gasteiger partial charge is 0.0946 e. The lowest BCUT2D eigenvalue weighted by atomic mass is 10.1. The number of aromatic nitrogens is 3. The molecule has 3 rings (SSSR count). The first-order valence-corrected chi connectivity index (χ1v) is 6.56. The zero-order valence-electron chi connectivity index (χ0n) is 11.0. The molecule has 1 unspecified atom stereocenters. The van der Waals surface area contributed by atoms with Crippen LogP contribution in [0.5, 0.6) is 0 Å². The molecule has 0 saturated heterocycles. The summed E-state index contributed by atoms with van der Waals surface area (Å²) in [5.74, 6) is 0.836. The van der Waals surface area contributed by atoms with E-state index in [4.69, 9.17) is 0 Å². The summed E-state index contributed by atoms with van der Waals surface area (Å²) in [5.41, 5.74) is 2.63. The van der Waals surface area contributed by atoms with Crippen LogP contribution in [-0.4, -0.2) is 21.2 Å². The van der Waals surface area contributed by atoms with Gasteiger partial charge in [0.05, 0.1) is 18.6 Å². The van der Waals surface area contributed by atoms with Crippen LogP contribution in [0, 0.1) is 5.92 Å². The molecular formula is C14H20N4. The maximum atomic E-state index is 4.15. The van der Waals surface area contributed by atoms with E-state index in [0.29, 0.717) is 6.04 Å². The molecule has 0 aliphatic heterocycles. The molecule has 2 heterocycles. The molecule has 4 nitrogen and oxygen atoms in total. The number of hydrogen-bond donors (Lipinski definition) is 1. The van der Waals surface area contributed by atoms with Crippen LogP contribution < -0.4 is 5.32 Å². The van der Waals surface area contributed by atoms with Crippen molar-refractivity contribution in [1.82, 2.24) is 19.4 Å². The highest BCUT2D eigenvalue weighted by Crippen LogP contribution is 2.40. The van der Waals surface area contributed by atoms with Crippen molar-refractivity contribution in [2.45, 2.75) is 25.4 Å².